The highest BCUT2D eigenvalue weighted by atomic mass is 35.5. The lowest BCUT2D eigenvalue weighted by atomic mass is 10.0. The van der Waals surface area contributed by atoms with Crippen LogP contribution in [-0.2, 0) is 11.3 Å². The Morgan fingerprint density at radius 2 is 2.00 bits per heavy atom. The minimum Gasteiger partial charge on any atom is -0.351 e. The van der Waals surface area contributed by atoms with Gasteiger partial charge in [0.1, 0.15) is 0 Å². The fourth-order valence-electron chi connectivity index (χ4n) is 2.53. The number of rotatable bonds is 5. The van der Waals surface area contributed by atoms with E-state index < -0.39 is 6.04 Å². The number of nitrogens with two attached hydrogens (primary N) is 1. The van der Waals surface area contributed by atoms with Crippen LogP contribution in [0.25, 0.3) is 5.65 Å². The number of fused-ring (bicyclic) bond motifs is 1. The largest absolute Gasteiger partial charge is 0.351 e. The molecule has 2 aromatic heterocycles. The van der Waals surface area contributed by atoms with Gasteiger partial charge in [0.15, 0.2) is 5.65 Å². The maximum atomic E-state index is 12.0. The molecule has 136 valence electrons. The number of H-pyrrole nitrogens is 1. The van der Waals surface area contributed by atoms with Crippen molar-refractivity contribution in [3.05, 3.63) is 33.4 Å². The van der Waals surface area contributed by atoms with Crippen LogP contribution in [0.2, 0.25) is 0 Å². The van der Waals surface area contributed by atoms with E-state index >= 15 is 0 Å². The number of carbonyl (C=O) groups excluding carboxylic acids is 1. The topological polar surface area (TPSA) is 105 Å². The van der Waals surface area contributed by atoms with E-state index in [4.69, 9.17) is 5.73 Å². The van der Waals surface area contributed by atoms with Gasteiger partial charge in [-0.05, 0) is 26.2 Å². The molecule has 4 N–H and O–H groups in total. The van der Waals surface area contributed by atoms with E-state index in [-0.39, 0.29) is 36.3 Å². The predicted octanol–water partition coefficient (Wildman–Crippen LogP) is 1.47. The smallest absolute Gasteiger partial charge is 0.266 e. The molecule has 2 aromatic rings. The number of aryl methyl sites for hydroxylation is 2. The number of aromatic amines is 1. The first-order valence-corrected chi connectivity index (χ1v) is 7.40. The highest BCUT2D eigenvalue weighted by molar-refractivity contribution is 5.85. The second-order valence-corrected chi connectivity index (χ2v) is 6.03. The first-order valence-electron chi connectivity index (χ1n) is 7.40. The normalized spacial score (nSPS) is 11.8. The fourth-order valence-corrected chi connectivity index (χ4v) is 2.53. The molecule has 0 saturated carbocycles. The van der Waals surface area contributed by atoms with Crippen LogP contribution < -0.4 is 16.6 Å². The van der Waals surface area contributed by atoms with Crippen molar-refractivity contribution in [3.63, 3.8) is 0 Å². The van der Waals surface area contributed by atoms with Crippen LogP contribution in [0.1, 0.15) is 37.2 Å². The Morgan fingerprint density at radius 1 is 1.38 bits per heavy atom. The van der Waals surface area contributed by atoms with Crippen LogP contribution in [0.3, 0.4) is 0 Å². The number of aromatic nitrogens is 3. The molecule has 0 unspecified atom stereocenters. The standard InChI is InChI=1S/C15H23N5O2.2ClH/c1-8(2)5-12(16)15(22)17-7-11-9(3)18-13-6-14(21)19-20(13)10(11)4;;/h6,8,12H,5,7,16H2,1-4H3,(H,17,22)(H,19,21);2*1H/t12-;;/m0../s1. The lowest BCUT2D eigenvalue weighted by Crippen LogP contribution is -2.41. The summed E-state index contributed by atoms with van der Waals surface area (Å²) in [7, 11) is 0. The van der Waals surface area contributed by atoms with E-state index in [1.54, 1.807) is 4.52 Å². The highest BCUT2D eigenvalue weighted by Crippen LogP contribution is 2.13. The van der Waals surface area contributed by atoms with Crippen LogP contribution in [0.15, 0.2) is 10.9 Å². The number of halogens is 2. The van der Waals surface area contributed by atoms with E-state index in [1.165, 1.54) is 6.07 Å². The summed E-state index contributed by atoms with van der Waals surface area (Å²) in [6, 6.07) is 0.935. The Morgan fingerprint density at radius 3 is 2.58 bits per heavy atom. The average molecular weight is 378 g/mol. The van der Waals surface area contributed by atoms with Crippen LogP contribution in [-0.4, -0.2) is 26.5 Å². The summed E-state index contributed by atoms with van der Waals surface area (Å²) in [4.78, 5) is 27.8. The van der Waals surface area contributed by atoms with Crippen molar-refractivity contribution in [2.24, 2.45) is 11.7 Å². The monoisotopic (exact) mass is 377 g/mol. The minimum atomic E-state index is -0.510. The average Bonchev–Trinajstić information content (AvgIpc) is 2.78. The molecule has 0 aliphatic rings. The number of carbonyl (C=O) groups is 1. The molecule has 0 aliphatic carbocycles. The van der Waals surface area contributed by atoms with Gasteiger partial charge in [-0.1, -0.05) is 13.8 Å². The molecule has 7 nitrogen and oxygen atoms in total. The Bertz CT molecular complexity index is 754. The lowest BCUT2D eigenvalue weighted by molar-refractivity contribution is -0.122. The third-order valence-electron chi connectivity index (χ3n) is 3.70. The molecule has 0 aromatic carbocycles. The minimum absolute atomic E-state index is 0. The molecule has 1 amide bonds. The van der Waals surface area contributed by atoms with Crippen molar-refractivity contribution in [1.82, 2.24) is 19.9 Å². The second kappa shape index (κ2) is 9.05. The Kier molecular flexibility index (Phi) is 8.46. The zero-order chi connectivity index (χ0) is 16.4. The van der Waals surface area contributed by atoms with E-state index in [0.29, 0.717) is 24.5 Å². The van der Waals surface area contributed by atoms with Gasteiger partial charge in [-0.25, -0.2) is 9.50 Å². The number of nitrogens with one attached hydrogen (secondary N) is 2. The molecule has 0 spiro atoms. The Balaban J connectivity index is 0.00000264. The first kappa shape index (κ1) is 22.4. The van der Waals surface area contributed by atoms with E-state index in [9.17, 15) is 9.59 Å². The molecule has 2 heterocycles. The first-order chi connectivity index (χ1) is 10.3. The lowest BCUT2D eigenvalue weighted by Gasteiger charge is -2.16. The van der Waals surface area contributed by atoms with Gasteiger partial charge in [0.05, 0.1) is 6.04 Å². The molecule has 0 fully saturated rings. The second-order valence-electron chi connectivity index (χ2n) is 6.03. The zero-order valence-electron chi connectivity index (χ0n) is 14.3. The Labute approximate surface area is 153 Å². The van der Waals surface area contributed by atoms with Gasteiger partial charge in [0.2, 0.25) is 5.91 Å². The summed E-state index contributed by atoms with van der Waals surface area (Å²) in [6.07, 6.45) is 0.645. The molecule has 0 bridgehead atoms. The molecule has 0 aliphatic heterocycles. The van der Waals surface area contributed by atoms with Gasteiger partial charge in [-0.3, -0.25) is 14.7 Å². The van der Waals surface area contributed by atoms with E-state index in [0.717, 1.165) is 17.0 Å². The summed E-state index contributed by atoms with van der Waals surface area (Å²) in [5.74, 6) is 0.195. The van der Waals surface area contributed by atoms with Gasteiger partial charge in [0, 0.05) is 29.6 Å². The quantitative estimate of drug-likeness (QED) is 0.733. The van der Waals surface area contributed by atoms with Crippen LogP contribution in [0, 0.1) is 19.8 Å². The maximum Gasteiger partial charge on any atom is 0.266 e. The van der Waals surface area contributed by atoms with Gasteiger partial charge in [-0.15, -0.1) is 24.8 Å². The van der Waals surface area contributed by atoms with Crippen molar-refractivity contribution < 1.29 is 4.79 Å². The molecule has 1 atom stereocenters. The highest BCUT2D eigenvalue weighted by Gasteiger charge is 2.16. The fraction of sp³-hybridized carbons (Fsp3) is 0.533. The summed E-state index contributed by atoms with van der Waals surface area (Å²) in [6.45, 7) is 8.14. The van der Waals surface area contributed by atoms with Crippen molar-refractivity contribution in [2.75, 3.05) is 0 Å². The summed E-state index contributed by atoms with van der Waals surface area (Å²) in [5.41, 5.74) is 8.76. The van der Waals surface area contributed by atoms with Gasteiger partial charge < -0.3 is 11.1 Å². The van der Waals surface area contributed by atoms with E-state index in [1.807, 2.05) is 27.7 Å². The van der Waals surface area contributed by atoms with Crippen LogP contribution >= 0.6 is 24.8 Å². The summed E-state index contributed by atoms with van der Waals surface area (Å²) < 4.78 is 1.63. The molecule has 2 rings (SSSR count). The number of amides is 1. The molecule has 0 radical (unpaired) electrons. The van der Waals surface area contributed by atoms with Crippen molar-refractivity contribution >= 4 is 36.4 Å². The van der Waals surface area contributed by atoms with Crippen molar-refractivity contribution in [3.8, 4) is 0 Å². The van der Waals surface area contributed by atoms with Gasteiger partial charge >= 0.3 is 0 Å². The van der Waals surface area contributed by atoms with E-state index in [2.05, 4.69) is 15.4 Å². The number of hydrogen-bond donors (Lipinski definition) is 3. The third kappa shape index (κ3) is 4.96. The van der Waals surface area contributed by atoms with Crippen molar-refractivity contribution in [2.45, 2.75) is 46.7 Å². The third-order valence-corrected chi connectivity index (χ3v) is 3.70. The maximum absolute atomic E-state index is 12.0. The zero-order valence-corrected chi connectivity index (χ0v) is 15.9. The van der Waals surface area contributed by atoms with Crippen LogP contribution in [0.5, 0.6) is 0 Å². The summed E-state index contributed by atoms with van der Waals surface area (Å²) >= 11 is 0. The SMILES string of the molecule is Cc1nc2cc(=O)[nH]n2c(C)c1CNC(=O)[C@@H](N)CC(C)C.Cl.Cl. The van der Waals surface area contributed by atoms with Gasteiger partial charge in [-0.2, -0.15) is 0 Å². The Hall–Kier alpha value is -1.57. The molecular formula is C15H25Cl2N5O2. The molecular weight excluding hydrogens is 353 g/mol. The van der Waals surface area contributed by atoms with Crippen LogP contribution in [0.4, 0.5) is 0 Å². The number of nitrogens with zero attached hydrogens (tertiary/aromatic N) is 2. The molecule has 24 heavy (non-hydrogen) atoms. The predicted molar refractivity (Wildman–Crippen MR) is 99.1 cm³/mol. The van der Waals surface area contributed by atoms with Gasteiger partial charge in [0.25, 0.3) is 5.56 Å². The molecule has 0 saturated heterocycles. The molecule has 9 heteroatoms. The number of hydrogen-bond acceptors (Lipinski definition) is 4. The van der Waals surface area contributed by atoms with Crippen molar-refractivity contribution in [1.29, 1.82) is 0 Å². The summed E-state index contributed by atoms with van der Waals surface area (Å²) in [5, 5.41) is 5.54.